The lowest BCUT2D eigenvalue weighted by Gasteiger charge is -2.10. The summed E-state index contributed by atoms with van der Waals surface area (Å²) in [5.41, 5.74) is 5.83. The normalized spacial score (nSPS) is 12.4. The molecule has 0 aliphatic carbocycles. The molecule has 17 heavy (non-hydrogen) atoms. The highest BCUT2D eigenvalue weighted by Crippen LogP contribution is 2.19. The van der Waals surface area contributed by atoms with Gasteiger partial charge in [0.15, 0.2) is 5.22 Å². The second-order valence-electron chi connectivity index (χ2n) is 3.51. The molecule has 0 amide bonds. The molecule has 2 aromatic rings. The van der Waals surface area contributed by atoms with Crippen LogP contribution in [-0.4, -0.2) is 6.61 Å². The van der Waals surface area contributed by atoms with E-state index in [1.807, 2.05) is 0 Å². The summed E-state index contributed by atoms with van der Waals surface area (Å²) in [6.07, 6.45) is 0. The van der Waals surface area contributed by atoms with Crippen molar-refractivity contribution >= 4 is 11.6 Å². The van der Waals surface area contributed by atoms with Crippen LogP contribution < -0.4 is 10.5 Å². The van der Waals surface area contributed by atoms with Crippen LogP contribution in [0.1, 0.15) is 11.8 Å². The van der Waals surface area contributed by atoms with Gasteiger partial charge in [0.2, 0.25) is 0 Å². The highest BCUT2D eigenvalue weighted by atomic mass is 35.5. The van der Waals surface area contributed by atoms with Crippen LogP contribution in [0.15, 0.2) is 40.8 Å². The topological polar surface area (TPSA) is 48.4 Å². The lowest BCUT2D eigenvalue weighted by molar-refractivity contribution is 0.273. The van der Waals surface area contributed by atoms with Gasteiger partial charge in [-0.3, -0.25) is 0 Å². The number of nitrogens with two attached hydrogens (primary N) is 1. The molecule has 0 bridgehead atoms. The van der Waals surface area contributed by atoms with Gasteiger partial charge < -0.3 is 14.9 Å². The van der Waals surface area contributed by atoms with Crippen molar-refractivity contribution in [3.05, 3.63) is 53.2 Å². The van der Waals surface area contributed by atoms with E-state index in [2.05, 4.69) is 0 Å². The fourth-order valence-corrected chi connectivity index (χ4v) is 1.48. The molecule has 1 unspecified atom stereocenters. The Kier molecular flexibility index (Phi) is 3.66. The minimum absolute atomic E-state index is 0.232. The number of rotatable bonds is 4. The smallest absolute Gasteiger partial charge is 0.193 e. The predicted octanol–water partition coefficient (Wildman–Crippen LogP) is 3.15. The molecule has 0 aliphatic heterocycles. The van der Waals surface area contributed by atoms with E-state index in [1.54, 1.807) is 12.1 Å². The highest BCUT2D eigenvalue weighted by molar-refractivity contribution is 6.28. The molecule has 1 aromatic carbocycles. The summed E-state index contributed by atoms with van der Waals surface area (Å²) >= 11 is 5.63. The van der Waals surface area contributed by atoms with Gasteiger partial charge in [-0.25, -0.2) is 4.39 Å². The average Bonchev–Trinajstić information content (AvgIpc) is 2.75. The van der Waals surface area contributed by atoms with Gasteiger partial charge in [0.25, 0.3) is 0 Å². The van der Waals surface area contributed by atoms with Crippen LogP contribution in [0.3, 0.4) is 0 Å². The Labute approximate surface area is 103 Å². The first kappa shape index (κ1) is 12.0. The Balaban J connectivity index is 1.92. The van der Waals surface area contributed by atoms with Gasteiger partial charge >= 0.3 is 0 Å². The number of furan rings is 1. The Morgan fingerprint density at radius 3 is 2.53 bits per heavy atom. The molecule has 0 fully saturated rings. The fourth-order valence-electron chi connectivity index (χ4n) is 1.33. The van der Waals surface area contributed by atoms with Crippen LogP contribution in [0, 0.1) is 5.82 Å². The molecule has 1 atom stereocenters. The predicted molar refractivity (Wildman–Crippen MR) is 62.5 cm³/mol. The van der Waals surface area contributed by atoms with Crippen LogP contribution in [0.4, 0.5) is 4.39 Å². The third-order valence-electron chi connectivity index (χ3n) is 2.20. The van der Waals surface area contributed by atoms with E-state index >= 15 is 0 Å². The lowest BCUT2D eigenvalue weighted by atomic mass is 10.2. The molecular weight excluding hydrogens is 245 g/mol. The molecular formula is C12H11ClFNO2. The molecule has 3 nitrogen and oxygen atoms in total. The first-order valence-electron chi connectivity index (χ1n) is 5.04. The maximum Gasteiger partial charge on any atom is 0.193 e. The van der Waals surface area contributed by atoms with Crippen molar-refractivity contribution in [3.8, 4) is 5.75 Å². The molecule has 90 valence electrons. The Morgan fingerprint density at radius 2 is 1.94 bits per heavy atom. The van der Waals surface area contributed by atoms with Gasteiger partial charge in [-0.2, -0.15) is 0 Å². The molecule has 0 saturated heterocycles. The largest absolute Gasteiger partial charge is 0.491 e. The summed E-state index contributed by atoms with van der Waals surface area (Å²) in [5.74, 6) is 0.802. The van der Waals surface area contributed by atoms with Crippen molar-refractivity contribution in [2.24, 2.45) is 5.73 Å². The zero-order valence-electron chi connectivity index (χ0n) is 8.90. The Hall–Kier alpha value is -1.52. The van der Waals surface area contributed by atoms with Crippen molar-refractivity contribution in [1.82, 2.24) is 0 Å². The summed E-state index contributed by atoms with van der Waals surface area (Å²) < 4.78 is 23.2. The zero-order chi connectivity index (χ0) is 12.3. The minimum atomic E-state index is -0.410. The number of ether oxygens (including phenoxy) is 1. The number of benzene rings is 1. The van der Waals surface area contributed by atoms with E-state index in [0.29, 0.717) is 11.5 Å². The van der Waals surface area contributed by atoms with Crippen LogP contribution >= 0.6 is 11.6 Å². The molecule has 2 N–H and O–H groups in total. The summed E-state index contributed by atoms with van der Waals surface area (Å²) in [7, 11) is 0. The zero-order valence-corrected chi connectivity index (χ0v) is 9.65. The average molecular weight is 256 g/mol. The third-order valence-corrected chi connectivity index (χ3v) is 2.41. The Morgan fingerprint density at radius 1 is 1.24 bits per heavy atom. The number of hydrogen-bond donors (Lipinski definition) is 1. The van der Waals surface area contributed by atoms with Gasteiger partial charge in [0.1, 0.15) is 23.9 Å². The molecule has 0 spiro atoms. The van der Waals surface area contributed by atoms with Crippen molar-refractivity contribution in [2.45, 2.75) is 6.04 Å². The minimum Gasteiger partial charge on any atom is -0.491 e. The number of halogens is 2. The molecule has 5 heteroatoms. The number of hydrogen-bond acceptors (Lipinski definition) is 3. The second kappa shape index (κ2) is 5.21. The van der Waals surface area contributed by atoms with Gasteiger partial charge in [-0.1, -0.05) is 0 Å². The highest BCUT2D eigenvalue weighted by Gasteiger charge is 2.11. The van der Waals surface area contributed by atoms with Crippen molar-refractivity contribution in [1.29, 1.82) is 0 Å². The van der Waals surface area contributed by atoms with Crippen molar-refractivity contribution in [2.75, 3.05) is 6.61 Å². The van der Waals surface area contributed by atoms with Crippen LogP contribution in [0.5, 0.6) is 5.75 Å². The van der Waals surface area contributed by atoms with Gasteiger partial charge in [-0.15, -0.1) is 0 Å². The van der Waals surface area contributed by atoms with E-state index in [9.17, 15) is 4.39 Å². The SMILES string of the molecule is NC(COc1ccc(F)cc1)c1ccc(Cl)o1. The van der Waals surface area contributed by atoms with Crippen LogP contribution in [0.25, 0.3) is 0 Å². The molecule has 2 rings (SSSR count). The fraction of sp³-hybridized carbons (Fsp3) is 0.167. The van der Waals surface area contributed by atoms with Crippen LogP contribution in [0.2, 0.25) is 5.22 Å². The van der Waals surface area contributed by atoms with E-state index in [0.717, 1.165) is 0 Å². The standard InChI is InChI=1S/C12H11ClFNO2/c13-12-6-5-11(17-12)10(15)7-16-9-3-1-8(14)2-4-9/h1-6,10H,7,15H2. The second-order valence-corrected chi connectivity index (χ2v) is 3.89. The first-order valence-corrected chi connectivity index (χ1v) is 5.42. The molecule has 0 radical (unpaired) electrons. The van der Waals surface area contributed by atoms with E-state index in [1.165, 1.54) is 24.3 Å². The summed E-state index contributed by atoms with van der Waals surface area (Å²) in [6, 6.07) is 8.63. The summed E-state index contributed by atoms with van der Waals surface area (Å²) in [5, 5.41) is 0.289. The quantitative estimate of drug-likeness (QED) is 0.913. The van der Waals surface area contributed by atoms with E-state index < -0.39 is 6.04 Å². The van der Waals surface area contributed by atoms with Gasteiger partial charge in [0.05, 0.1) is 6.04 Å². The molecule has 1 heterocycles. The van der Waals surface area contributed by atoms with Crippen molar-refractivity contribution in [3.63, 3.8) is 0 Å². The van der Waals surface area contributed by atoms with E-state index in [4.69, 9.17) is 26.5 Å². The summed E-state index contributed by atoms with van der Waals surface area (Å²) in [6.45, 7) is 0.232. The summed E-state index contributed by atoms with van der Waals surface area (Å²) in [4.78, 5) is 0. The molecule has 1 aromatic heterocycles. The molecule has 0 saturated carbocycles. The van der Waals surface area contributed by atoms with Gasteiger partial charge in [-0.05, 0) is 48.0 Å². The molecule has 0 aliphatic rings. The van der Waals surface area contributed by atoms with Gasteiger partial charge in [0, 0.05) is 0 Å². The maximum atomic E-state index is 12.6. The first-order chi connectivity index (χ1) is 8.15. The lowest BCUT2D eigenvalue weighted by Crippen LogP contribution is -2.18. The van der Waals surface area contributed by atoms with Crippen LogP contribution in [-0.2, 0) is 0 Å². The van der Waals surface area contributed by atoms with E-state index in [-0.39, 0.29) is 17.6 Å². The Bertz CT molecular complexity index is 484. The third kappa shape index (κ3) is 3.22. The monoisotopic (exact) mass is 255 g/mol. The maximum absolute atomic E-state index is 12.6. The van der Waals surface area contributed by atoms with Crippen molar-refractivity contribution < 1.29 is 13.5 Å².